The summed E-state index contributed by atoms with van der Waals surface area (Å²) in [6.07, 6.45) is 11.0. The Hall–Kier alpha value is -0.170. The van der Waals surface area contributed by atoms with E-state index >= 15 is 0 Å². The second-order valence-electron chi connectivity index (χ2n) is 4.92. The normalized spacial score (nSPS) is 23.6. The molecule has 0 spiro atoms. The Balaban J connectivity index is 2.07. The van der Waals surface area contributed by atoms with Crippen molar-refractivity contribution in [2.24, 2.45) is 0 Å². The van der Waals surface area contributed by atoms with E-state index in [1.807, 2.05) is 0 Å². The Morgan fingerprint density at radius 1 is 0.667 bits per heavy atom. The lowest BCUT2D eigenvalue weighted by Gasteiger charge is -2.22. The van der Waals surface area contributed by atoms with Crippen molar-refractivity contribution in [3.05, 3.63) is 21.0 Å². The van der Waals surface area contributed by atoms with Gasteiger partial charge in [0.25, 0.3) is 0 Å². The molecule has 0 saturated heterocycles. The molecule has 0 fully saturated rings. The number of thioether (sulfide) groups is 1. The second-order valence-corrected chi connectivity index (χ2v) is 6.11. The number of hydrogen-bond donors (Lipinski definition) is 0. The maximum Gasteiger partial charge on any atom is -0.0116 e. The topological polar surface area (TPSA) is 0 Å². The smallest absolute Gasteiger partial charge is 0.0116 e. The van der Waals surface area contributed by atoms with Crippen LogP contribution in [-0.2, 0) is 0 Å². The largest absolute Gasteiger partial charge is 0.0991 e. The van der Waals surface area contributed by atoms with Crippen LogP contribution in [0.15, 0.2) is 21.0 Å². The molecule has 0 amide bonds. The maximum atomic E-state index is 2.33. The minimum Gasteiger partial charge on any atom is -0.0991 e. The van der Waals surface area contributed by atoms with Gasteiger partial charge in [-0.2, -0.15) is 0 Å². The quantitative estimate of drug-likeness (QED) is 0.601. The van der Waals surface area contributed by atoms with Crippen molar-refractivity contribution >= 4 is 11.8 Å². The van der Waals surface area contributed by atoms with Gasteiger partial charge in [-0.1, -0.05) is 22.9 Å². The summed E-state index contributed by atoms with van der Waals surface area (Å²) in [5.41, 5.74) is 3.33. The molecule has 0 nitrogen and oxygen atoms in total. The van der Waals surface area contributed by atoms with Gasteiger partial charge in [-0.15, -0.1) is 0 Å². The SMILES string of the molecule is CC1=C(SC2=C(C)CCCC2)CCCC1. The molecule has 0 saturated carbocycles. The molecule has 1 heteroatoms. The Bertz CT molecular complexity index is 266. The second kappa shape index (κ2) is 5.25. The van der Waals surface area contributed by atoms with Crippen molar-refractivity contribution in [3.8, 4) is 0 Å². The Morgan fingerprint density at radius 2 is 1.07 bits per heavy atom. The molecule has 15 heavy (non-hydrogen) atoms. The van der Waals surface area contributed by atoms with E-state index in [0.717, 1.165) is 0 Å². The highest BCUT2D eigenvalue weighted by molar-refractivity contribution is 8.06. The highest BCUT2D eigenvalue weighted by Gasteiger charge is 2.15. The zero-order chi connectivity index (χ0) is 10.7. The van der Waals surface area contributed by atoms with Crippen LogP contribution in [0.25, 0.3) is 0 Å². The summed E-state index contributed by atoms with van der Waals surface area (Å²) in [5.74, 6) is 0. The van der Waals surface area contributed by atoms with E-state index in [0.29, 0.717) is 0 Å². The average molecular weight is 222 g/mol. The van der Waals surface area contributed by atoms with Crippen molar-refractivity contribution in [1.82, 2.24) is 0 Å². The van der Waals surface area contributed by atoms with E-state index in [9.17, 15) is 0 Å². The van der Waals surface area contributed by atoms with Crippen molar-refractivity contribution in [2.45, 2.75) is 65.2 Å². The van der Waals surface area contributed by atoms with Crippen LogP contribution in [0.3, 0.4) is 0 Å². The minimum absolute atomic E-state index is 1.34. The summed E-state index contributed by atoms with van der Waals surface area (Å²) in [6, 6.07) is 0. The van der Waals surface area contributed by atoms with Gasteiger partial charge in [0.1, 0.15) is 0 Å². The number of allylic oxidation sites excluding steroid dienone is 4. The number of rotatable bonds is 2. The molecule has 0 aliphatic heterocycles. The molecule has 0 radical (unpaired) electrons. The first-order chi connectivity index (χ1) is 7.27. The summed E-state index contributed by atoms with van der Waals surface area (Å²) in [6.45, 7) is 4.67. The maximum absolute atomic E-state index is 2.33. The fraction of sp³-hybridized carbons (Fsp3) is 0.714. The van der Waals surface area contributed by atoms with Gasteiger partial charge in [-0.05, 0) is 75.0 Å². The predicted molar refractivity (Wildman–Crippen MR) is 69.9 cm³/mol. The monoisotopic (exact) mass is 222 g/mol. The molecule has 2 rings (SSSR count). The van der Waals surface area contributed by atoms with E-state index in [1.165, 1.54) is 51.4 Å². The molecule has 0 aromatic rings. The van der Waals surface area contributed by atoms with Gasteiger partial charge in [0.05, 0.1) is 0 Å². The summed E-state index contributed by atoms with van der Waals surface area (Å²) in [4.78, 5) is 3.38. The van der Waals surface area contributed by atoms with Crippen LogP contribution in [0.4, 0.5) is 0 Å². The minimum atomic E-state index is 1.34. The number of hydrogen-bond acceptors (Lipinski definition) is 1. The van der Waals surface area contributed by atoms with Gasteiger partial charge in [0, 0.05) is 0 Å². The van der Waals surface area contributed by atoms with Crippen molar-refractivity contribution < 1.29 is 0 Å². The fourth-order valence-corrected chi connectivity index (χ4v) is 3.82. The molecule has 0 bridgehead atoms. The Kier molecular flexibility index (Phi) is 3.96. The van der Waals surface area contributed by atoms with E-state index in [-0.39, 0.29) is 0 Å². The van der Waals surface area contributed by atoms with E-state index in [1.54, 1.807) is 21.0 Å². The lowest BCUT2D eigenvalue weighted by molar-refractivity contribution is 0.688. The molecule has 84 valence electrons. The molecular weight excluding hydrogens is 200 g/mol. The van der Waals surface area contributed by atoms with Gasteiger partial charge in [0.15, 0.2) is 0 Å². The highest BCUT2D eigenvalue weighted by atomic mass is 32.2. The third kappa shape index (κ3) is 2.90. The molecular formula is C14H22S. The molecule has 0 unspecified atom stereocenters. The van der Waals surface area contributed by atoms with Crippen LogP contribution in [0, 0.1) is 0 Å². The third-order valence-electron chi connectivity index (χ3n) is 3.61. The van der Waals surface area contributed by atoms with Gasteiger partial charge < -0.3 is 0 Å². The summed E-state index contributed by atoms with van der Waals surface area (Å²) < 4.78 is 0. The zero-order valence-corrected chi connectivity index (χ0v) is 10.9. The highest BCUT2D eigenvalue weighted by Crippen LogP contribution is 2.42. The standard InChI is InChI=1S/C14H22S/c1-11-7-3-5-9-13(11)15-14-10-6-4-8-12(14)2/h3-10H2,1-2H3. The summed E-state index contributed by atoms with van der Waals surface area (Å²) in [5, 5.41) is 0. The molecule has 0 atom stereocenters. The van der Waals surface area contributed by atoms with E-state index < -0.39 is 0 Å². The van der Waals surface area contributed by atoms with Crippen LogP contribution in [0.5, 0.6) is 0 Å². The summed E-state index contributed by atoms with van der Waals surface area (Å²) in [7, 11) is 0. The first-order valence-corrected chi connectivity index (χ1v) is 7.14. The van der Waals surface area contributed by atoms with Crippen molar-refractivity contribution in [1.29, 1.82) is 0 Å². The molecule has 2 aliphatic carbocycles. The van der Waals surface area contributed by atoms with E-state index in [2.05, 4.69) is 25.6 Å². The fourth-order valence-electron chi connectivity index (χ4n) is 2.48. The van der Waals surface area contributed by atoms with E-state index in [4.69, 9.17) is 0 Å². The lowest BCUT2D eigenvalue weighted by atomic mass is 10.0. The molecule has 0 N–H and O–H groups in total. The lowest BCUT2D eigenvalue weighted by Crippen LogP contribution is -1.98. The van der Waals surface area contributed by atoms with Gasteiger partial charge in [0.2, 0.25) is 0 Å². The summed E-state index contributed by atoms with van der Waals surface area (Å²) >= 11 is 2.12. The van der Waals surface area contributed by atoms with Crippen LogP contribution in [-0.4, -0.2) is 0 Å². The molecule has 0 heterocycles. The van der Waals surface area contributed by atoms with Crippen LogP contribution >= 0.6 is 11.8 Å². The van der Waals surface area contributed by atoms with Gasteiger partial charge in [-0.25, -0.2) is 0 Å². The molecule has 0 aromatic carbocycles. The van der Waals surface area contributed by atoms with Crippen LogP contribution in [0.1, 0.15) is 65.2 Å². The zero-order valence-electron chi connectivity index (χ0n) is 10.1. The van der Waals surface area contributed by atoms with Crippen LogP contribution in [0.2, 0.25) is 0 Å². The Labute approximate surface area is 98.2 Å². The molecule has 0 aromatic heterocycles. The first-order valence-electron chi connectivity index (χ1n) is 6.32. The van der Waals surface area contributed by atoms with Crippen molar-refractivity contribution in [3.63, 3.8) is 0 Å². The predicted octanol–water partition coefficient (Wildman–Crippen LogP) is 5.42. The third-order valence-corrected chi connectivity index (χ3v) is 5.21. The van der Waals surface area contributed by atoms with Crippen molar-refractivity contribution in [2.75, 3.05) is 0 Å². The van der Waals surface area contributed by atoms with Gasteiger partial charge in [-0.3, -0.25) is 0 Å². The average Bonchev–Trinajstić information content (AvgIpc) is 2.24. The first kappa shape index (κ1) is 11.3. The van der Waals surface area contributed by atoms with Crippen LogP contribution < -0.4 is 0 Å². The Morgan fingerprint density at radius 3 is 1.47 bits per heavy atom. The molecule has 2 aliphatic rings. The van der Waals surface area contributed by atoms with Gasteiger partial charge >= 0.3 is 0 Å².